The summed E-state index contributed by atoms with van der Waals surface area (Å²) in [5.74, 6) is 0.0442. The second-order valence-electron chi connectivity index (χ2n) is 6.86. The van der Waals surface area contributed by atoms with Crippen LogP contribution in [0.15, 0.2) is 65.5 Å². The van der Waals surface area contributed by atoms with Gasteiger partial charge < -0.3 is 10.1 Å². The predicted octanol–water partition coefficient (Wildman–Crippen LogP) is 3.39. The van der Waals surface area contributed by atoms with Gasteiger partial charge in [-0.05, 0) is 18.4 Å². The zero-order valence-corrected chi connectivity index (χ0v) is 14.6. The minimum Gasteiger partial charge on any atom is -0.493 e. The highest BCUT2D eigenvalue weighted by atomic mass is 16.3. The van der Waals surface area contributed by atoms with Crippen LogP contribution in [0.1, 0.15) is 24.4 Å². The van der Waals surface area contributed by atoms with Gasteiger partial charge in [0.25, 0.3) is 0 Å². The number of imidazole rings is 1. The van der Waals surface area contributed by atoms with Gasteiger partial charge in [0.2, 0.25) is 5.88 Å². The summed E-state index contributed by atoms with van der Waals surface area (Å²) in [7, 11) is 0. The van der Waals surface area contributed by atoms with Gasteiger partial charge in [0, 0.05) is 31.2 Å². The van der Waals surface area contributed by atoms with E-state index in [0.717, 1.165) is 38.0 Å². The third-order valence-electron chi connectivity index (χ3n) is 5.14. The molecule has 1 aromatic heterocycles. The molecule has 2 heterocycles. The van der Waals surface area contributed by atoms with Crippen LogP contribution in [0.3, 0.4) is 0 Å². The van der Waals surface area contributed by atoms with Crippen molar-refractivity contribution in [1.82, 2.24) is 14.5 Å². The standard InChI is InChI=1S/C21H23N3O2/c25-20-19(17-9-5-2-6-10-17)22-21(26)24(20)18-11-13-23(14-12-18)15-16-7-3-1-4-8-16/h1-10,18,25H,11-15H2,(H,22,26). The molecular weight excluding hydrogens is 326 g/mol. The molecule has 5 heteroatoms. The van der Waals surface area contributed by atoms with Gasteiger partial charge in [0.1, 0.15) is 5.69 Å². The molecule has 0 amide bonds. The van der Waals surface area contributed by atoms with Gasteiger partial charge in [-0.25, -0.2) is 4.79 Å². The monoisotopic (exact) mass is 349 g/mol. The first kappa shape index (κ1) is 16.7. The van der Waals surface area contributed by atoms with E-state index in [1.165, 1.54) is 10.1 Å². The van der Waals surface area contributed by atoms with Crippen LogP contribution in [0.2, 0.25) is 0 Å². The normalized spacial score (nSPS) is 16.0. The molecule has 3 aromatic rings. The summed E-state index contributed by atoms with van der Waals surface area (Å²) in [6, 6.07) is 19.9. The Morgan fingerprint density at radius 2 is 1.58 bits per heavy atom. The van der Waals surface area contributed by atoms with E-state index < -0.39 is 0 Å². The Kier molecular flexibility index (Phi) is 4.63. The van der Waals surface area contributed by atoms with Crippen LogP contribution < -0.4 is 5.69 Å². The molecule has 0 unspecified atom stereocenters. The zero-order chi connectivity index (χ0) is 17.9. The van der Waals surface area contributed by atoms with Gasteiger partial charge in [-0.1, -0.05) is 60.7 Å². The first-order valence-electron chi connectivity index (χ1n) is 9.07. The molecule has 134 valence electrons. The smallest absolute Gasteiger partial charge is 0.329 e. The Balaban J connectivity index is 1.48. The highest BCUT2D eigenvalue weighted by Gasteiger charge is 2.26. The number of aromatic nitrogens is 2. The summed E-state index contributed by atoms with van der Waals surface area (Å²) in [6.07, 6.45) is 1.71. The van der Waals surface area contributed by atoms with Crippen LogP contribution in [0.5, 0.6) is 5.88 Å². The zero-order valence-electron chi connectivity index (χ0n) is 14.6. The molecule has 0 radical (unpaired) electrons. The Hall–Kier alpha value is -2.79. The lowest BCUT2D eigenvalue weighted by atomic mass is 10.0. The van der Waals surface area contributed by atoms with Crippen molar-refractivity contribution in [2.75, 3.05) is 13.1 Å². The van der Waals surface area contributed by atoms with Gasteiger partial charge in [-0.15, -0.1) is 0 Å². The first-order valence-corrected chi connectivity index (χ1v) is 9.07. The van der Waals surface area contributed by atoms with Crippen molar-refractivity contribution in [3.8, 4) is 17.1 Å². The molecule has 0 spiro atoms. The lowest BCUT2D eigenvalue weighted by Gasteiger charge is -2.32. The number of aromatic amines is 1. The lowest BCUT2D eigenvalue weighted by Crippen LogP contribution is -2.36. The van der Waals surface area contributed by atoms with Crippen molar-refractivity contribution in [1.29, 1.82) is 0 Å². The van der Waals surface area contributed by atoms with Crippen LogP contribution in [-0.2, 0) is 6.54 Å². The fraction of sp³-hybridized carbons (Fsp3) is 0.286. The van der Waals surface area contributed by atoms with Crippen molar-refractivity contribution in [2.45, 2.75) is 25.4 Å². The molecule has 1 saturated heterocycles. The van der Waals surface area contributed by atoms with Crippen LogP contribution in [0.4, 0.5) is 0 Å². The van der Waals surface area contributed by atoms with Crippen molar-refractivity contribution in [3.05, 3.63) is 76.7 Å². The van der Waals surface area contributed by atoms with E-state index in [4.69, 9.17) is 0 Å². The fourth-order valence-corrected chi connectivity index (χ4v) is 3.76. The predicted molar refractivity (Wildman–Crippen MR) is 102 cm³/mol. The Morgan fingerprint density at radius 1 is 0.962 bits per heavy atom. The molecule has 5 nitrogen and oxygen atoms in total. The summed E-state index contributed by atoms with van der Waals surface area (Å²) >= 11 is 0. The molecule has 1 fully saturated rings. The highest BCUT2D eigenvalue weighted by Crippen LogP contribution is 2.31. The molecule has 0 aliphatic carbocycles. The number of piperidine rings is 1. The maximum Gasteiger partial charge on any atom is 0.329 e. The maximum atomic E-state index is 12.4. The van der Waals surface area contributed by atoms with E-state index in [2.05, 4.69) is 34.1 Å². The number of aromatic hydroxyl groups is 1. The number of benzene rings is 2. The van der Waals surface area contributed by atoms with Crippen molar-refractivity contribution >= 4 is 0 Å². The molecule has 1 aliphatic heterocycles. The van der Waals surface area contributed by atoms with Crippen LogP contribution in [0.25, 0.3) is 11.3 Å². The number of rotatable bonds is 4. The van der Waals surface area contributed by atoms with Crippen LogP contribution in [-0.4, -0.2) is 32.6 Å². The van der Waals surface area contributed by atoms with E-state index in [9.17, 15) is 9.90 Å². The minimum atomic E-state index is -0.233. The molecular formula is C21H23N3O2. The molecule has 0 saturated carbocycles. The van der Waals surface area contributed by atoms with E-state index >= 15 is 0 Å². The number of nitrogens with zero attached hydrogens (tertiary/aromatic N) is 2. The molecule has 1 aliphatic rings. The minimum absolute atomic E-state index is 0.0308. The quantitative estimate of drug-likeness (QED) is 0.759. The topological polar surface area (TPSA) is 61.3 Å². The van der Waals surface area contributed by atoms with Crippen molar-refractivity contribution in [3.63, 3.8) is 0 Å². The molecule has 0 atom stereocenters. The molecule has 0 bridgehead atoms. The number of hydrogen-bond acceptors (Lipinski definition) is 3. The van der Waals surface area contributed by atoms with E-state index in [-0.39, 0.29) is 17.6 Å². The molecule has 2 N–H and O–H groups in total. The summed E-state index contributed by atoms with van der Waals surface area (Å²) in [6.45, 7) is 2.76. The third-order valence-corrected chi connectivity index (χ3v) is 5.14. The maximum absolute atomic E-state index is 12.4. The summed E-state index contributed by atoms with van der Waals surface area (Å²) < 4.78 is 1.53. The first-order chi connectivity index (χ1) is 12.7. The Morgan fingerprint density at radius 3 is 2.23 bits per heavy atom. The summed E-state index contributed by atoms with van der Waals surface area (Å²) in [4.78, 5) is 17.7. The number of hydrogen-bond donors (Lipinski definition) is 2. The van der Waals surface area contributed by atoms with Crippen LogP contribution >= 0.6 is 0 Å². The van der Waals surface area contributed by atoms with Crippen molar-refractivity contribution < 1.29 is 5.11 Å². The molecule has 26 heavy (non-hydrogen) atoms. The largest absolute Gasteiger partial charge is 0.493 e. The average Bonchev–Trinajstić information content (AvgIpc) is 2.98. The number of H-pyrrole nitrogens is 1. The Bertz CT molecular complexity index is 907. The van der Waals surface area contributed by atoms with Gasteiger partial charge in [0.05, 0.1) is 0 Å². The second kappa shape index (κ2) is 7.22. The van der Waals surface area contributed by atoms with E-state index in [1.807, 2.05) is 36.4 Å². The van der Waals surface area contributed by atoms with Crippen LogP contribution in [0, 0.1) is 0 Å². The third kappa shape index (κ3) is 3.30. The molecule has 2 aromatic carbocycles. The molecule has 4 rings (SSSR count). The van der Waals surface area contributed by atoms with E-state index in [0.29, 0.717) is 5.69 Å². The number of likely N-dealkylation sites (tertiary alicyclic amines) is 1. The summed E-state index contributed by atoms with van der Waals surface area (Å²) in [5, 5.41) is 10.6. The van der Waals surface area contributed by atoms with Gasteiger partial charge in [-0.3, -0.25) is 9.47 Å². The number of nitrogens with one attached hydrogen (secondary N) is 1. The van der Waals surface area contributed by atoms with Gasteiger partial charge >= 0.3 is 5.69 Å². The Labute approximate surface area is 152 Å². The summed E-state index contributed by atoms with van der Waals surface area (Å²) in [5.41, 5.74) is 2.39. The highest BCUT2D eigenvalue weighted by molar-refractivity contribution is 5.64. The average molecular weight is 349 g/mol. The van der Waals surface area contributed by atoms with E-state index in [1.54, 1.807) is 0 Å². The van der Waals surface area contributed by atoms with Crippen molar-refractivity contribution in [2.24, 2.45) is 0 Å². The van der Waals surface area contributed by atoms with Gasteiger partial charge in [-0.2, -0.15) is 0 Å². The lowest BCUT2D eigenvalue weighted by molar-refractivity contribution is 0.172. The van der Waals surface area contributed by atoms with Gasteiger partial charge in [0.15, 0.2) is 0 Å². The SMILES string of the molecule is O=c1[nH]c(-c2ccccc2)c(O)n1C1CCN(Cc2ccccc2)CC1. The fourth-order valence-electron chi connectivity index (χ4n) is 3.76. The second-order valence-corrected chi connectivity index (χ2v) is 6.86.